The standard InChI is InChI=1S/C22H24N2O4S/c1-15-5-4-6-18(11-15)22-24-20(16(2)28-22)13-29(26)14-21(25)23-12-17-7-9-19(27-3)10-8-17/h4-11H,12-14H2,1-3H3,(H,23,25)/t29-/m0/s1. The van der Waals surface area contributed by atoms with Gasteiger partial charge >= 0.3 is 0 Å². The Morgan fingerprint density at radius 3 is 2.62 bits per heavy atom. The molecule has 0 fully saturated rings. The van der Waals surface area contributed by atoms with Crippen LogP contribution >= 0.6 is 0 Å². The SMILES string of the molecule is COc1ccc(CNC(=O)C[S@@](=O)Cc2nc(-c3cccc(C)c3)oc2C)cc1. The number of rotatable bonds is 8. The van der Waals surface area contributed by atoms with Gasteiger partial charge in [0, 0.05) is 22.9 Å². The number of hydrogen-bond acceptors (Lipinski definition) is 5. The molecular formula is C22H24N2O4S. The van der Waals surface area contributed by atoms with Crippen LogP contribution in [0.2, 0.25) is 0 Å². The number of methoxy groups -OCH3 is 1. The summed E-state index contributed by atoms with van der Waals surface area (Å²) in [7, 11) is 0.227. The van der Waals surface area contributed by atoms with E-state index in [1.54, 1.807) is 14.0 Å². The molecule has 29 heavy (non-hydrogen) atoms. The van der Waals surface area contributed by atoms with Gasteiger partial charge in [0.15, 0.2) is 0 Å². The topological polar surface area (TPSA) is 81.4 Å². The fraction of sp³-hybridized carbons (Fsp3) is 0.273. The quantitative estimate of drug-likeness (QED) is 0.612. The second kappa shape index (κ2) is 9.52. The number of hydrogen-bond donors (Lipinski definition) is 1. The molecule has 0 aliphatic carbocycles. The van der Waals surface area contributed by atoms with Crippen molar-refractivity contribution in [3.63, 3.8) is 0 Å². The monoisotopic (exact) mass is 412 g/mol. The van der Waals surface area contributed by atoms with Gasteiger partial charge in [0.25, 0.3) is 0 Å². The second-order valence-corrected chi connectivity index (χ2v) is 8.20. The summed E-state index contributed by atoms with van der Waals surface area (Å²) in [6.45, 7) is 4.17. The van der Waals surface area contributed by atoms with Crippen molar-refractivity contribution >= 4 is 16.7 Å². The van der Waals surface area contributed by atoms with Crippen molar-refractivity contribution in [3.8, 4) is 17.2 Å². The van der Waals surface area contributed by atoms with Gasteiger partial charge in [0.05, 0.1) is 18.6 Å². The minimum Gasteiger partial charge on any atom is -0.497 e. The molecule has 6 nitrogen and oxygen atoms in total. The fourth-order valence-electron chi connectivity index (χ4n) is 2.81. The van der Waals surface area contributed by atoms with Crippen molar-refractivity contribution in [2.75, 3.05) is 12.9 Å². The molecule has 1 amide bonds. The summed E-state index contributed by atoms with van der Waals surface area (Å²) in [6.07, 6.45) is 0. The van der Waals surface area contributed by atoms with Crippen LogP contribution in [0.1, 0.15) is 22.6 Å². The lowest BCUT2D eigenvalue weighted by Gasteiger charge is -2.06. The van der Waals surface area contributed by atoms with E-state index in [-0.39, 0.29) is 17.4 Å². The van der Waals surface area contributed by atoms with Gasteiger partial charge in [-0.3, -0.25) is 9.00 Å². The van der Waals surface area contributed by atoms with Crippen molar-refractivity contribution < 1.29 is 18.2 Å². The number of nitrogens with zero attached hydrogens (tertiary/aromatic N) is 1. The molecule has 1 N–H and O–H groups in total. The third-order valence-corrected chi connectivity index (χ3v) is 5.58. The lowest BCUT2D eigenvalue weighted by atomic mass is 10.1. The first-order chi connectivity index (χ1) is 13.9. The number of benzene rings is 2. The third kappa shape index (κ3) is 5.77. The lowest BCUT2D eigenvalue weighted by Crippen LogP contribution is -2.28. The van der Waals surface area contributed by atoms with Crippen molar-refractivity contribution in [2.45, 2.75) is 26.1 Å². The predicted molar refractivity (Wildman–Crippen MR) is 113 cm³/mol. The molecule has 0 radical (unpaired) electrons. The lowest BCUT2D eigenvalue weighted by molar-refractivity contribution is -0.118. The summed E-state index contributed by atoms with van der Waals surface area (Å²) in [5.74, 6) is 1.71. The number of aryl methyl sites for hydroxylation is 2. The zero-order chi connectivity index (χ0) is 20.8. The molecule has 1 aromatic heterocycles. The van der Waals surface area contributed by atoms with Gasteiger partial charge in [-0.1, -0.05) is 29.8 Å². The molecule has 1 atom stereocenters. The number of amides is 1. The molecule has 7 heteroatoms. The molecule has 3 rings (SSSR count). The minimum absolute atomic E-state index is 0.0811. The Bertz CT molecular complexity index is 1010. The molecule has 0 saturated carbocycles. The summed E-state index contributed by atoms with van der Waals surface area (Å²) in [6, 6.07) is 15.3. The highest BCUT2D eigenvalue weighted by molar-refractivity contribution is 7.84. The summed E-state index contributed by atoms with van der Waals surface area (Å²) in [5.41, 5.74) is 3.54. The summed E-state index contributed by atoms with van der Waals surface area (Å²) < 4.78 is 23.3. The van der Waals surface area contributed by atoms with Crippen molar-refractivity contribution in [2.24, 2.45) is 0 Å². The third-order valence-electron chi connectivity index (χ3n) is 4.40. The Labute approximate surface area is 172 Å². The molecular weight excluding hydrogens is 388 g/mol. The average molecular weight is 413 g/mol. The maximum absolute atomic E-state index is 12.4. The van der Waals surface area contributed by atoms with E-state index >= 15 is 0 Å². The van der Waals surface area contributed by atoms with Gasteiger partial charge in [-0.2, -0.15) is 0 Å². The first-order valence-electron chi connectivity index (χ1n) is 9.22. The van der Waals surface area contributed by atoms with Crippen LogP contribution in [0.4, 0.5) is 0 Å². The Morgan fingerprint density at radius 2 is 1.93 bits per heavy atom. The van der Waals surface area contributed by atoms with Gasteiger partial charge in [0.2, 0.25) is 11.8 Å². The van der Waals surface area contributed by atoms with Crippen molar-refractivity contribution in [3.05, 3.63) is 71.1 Å². The van der Waals surface area contributed by atoms with Crippen LogP contribution in [0.25, 0.3) is 11.5 Å². The molecule has 0 unspecified atom stereocenters. The molecule has 0 spiro atoms. The number of aromatic nitrogens is 1. The van der Waals surface area contributed by atoms with E-state index in [2.05, 4.69) is 10.3 Å². The second-order valence-electron chi connectivity index (χ2n) is 6.74. The van der Waals surface area contributed by atoms with E-state index in [0.29, 0.717) is 23.9 Å². The highest BCUT2D eigenvalue weighted by atomic mass is 32.2. The van der Waals surface area contributed by atoms with Crippen LogP contribution < -0.4 is 10.1 Å². The Kier molecular flexibility index (Phi) is 6.82. The van der Waals surface area contributed by atoms with Crippen LogP contribution in [-0.4, -0.2) is 28.0 Å². The van der Waals surface area contributed by atoms with Crippen LogP contribution in [0.15, 0.2) is 52.9 Å². The van der Waals surface area contributed by atoms with E-state index in [1.165, 1.54) is 0 Å². The van der Waals surface area contributed by atoms with E-state index in [1.807, 2.05) is 55.5 Å². The van der Waals surface area contributed by atoms with Gasteiger partial charge in [-0.25, -0.2) is 4.98 Å². The molecule has 0 aliphatic heterocycles. The minimum atomic E-state index is -1.38. The highest BCUT2D eigenvalue weighted by Crippen LogP contribution is 2.23. The van der Waals surface area contributed by atoms with Gasteiger partial charge in [-0.15, -0.1) is 0 Å². The number of carbonyl (C=O) groups is 1. The van der Waals surface area contributed by atoms with Crippen LogP contribution in [0.5, 0.6) is 5.75 Å². The zero-order valence-corrected chi connectivity index (χ0v) is 17.5. The Hall–Kier alpha value is -2.93. The first-order valence-corrected chi connectivity index (χ1v) is 10.7. The maximum Gasteiger partial charge on any atom is 0.232 e. The highest BCUT2D eigenvalue weighted by Gasteiger charge is 2.16. The number of carbonyl (C=O) groups excluding carboxylic acids is 1. The number of nitrogens with one attached hydrogen (secondary N) is 1. The van der Waals surface area contributed by atoms with E-state index in [4.69, 9.17) is 9.15 Å². The summed E-state index contributed by atoms with van der Waals surface area (Å²) in [5, 5.41) is 2.79. The summed E-state index contributed by atoms with van der Waals surface area (Å²) in [4.78, 5) is 16.6. The van der Waals surface area contributed by atoms with Gasteiger partial charge < -0.3 is 14.5 Å². The zero-order valence-electron chi connectivity index (χ0n) is 16.7. The average Bonchev–Trinajstić information content (AvgIpc) is 3.07. The maximum atomic E-state index is 12.4. The van der Waals surface area contributed by atoms with Crippen molar-refractivity contribution in [1.29, 1.82) is 0 Å². The number of ether oxygens (including phenoxy) is 1. The Morgan fingerprint density at radius 1 is 1.17 bits per heavy atom. The van der Waals surface area contributed by atoms with Crippen LogP contribution in [-0.2, 0) is 27.9 Å². The van der Waals surface area contributed by atoms with E-state index in [9.17, 15) is 9.00 Å². The van der Waals surface area contributed by atoms with Crippen molar-refractivity contribution in [1.82, 2.24) is 10.3 Å². The summed E-state index contributed by atoms with van der Waals surface area (Å²) >= 11 is 0. The van der Waals surface area contributed by atoms with Gasteiger partial charge in [-0.05, 0) is 43.7 Å². The van der Waals surface area contributed by atoms with Crippen LogP contribution in [0, 0.1) is 13.8 Å². The molecule has 0 bridgehead atoms. The molecule has 1 heterocycles. The Balaban J connectivity index is 1.54. The van der Waals surface area contributed by atoms with E-state index in [0.717, 1.165) is 22.4 Å². The van der Waals surface area contributed by atoms with Gasteiger partial charge in [0.1, 0.15) is 17.3 Å². The molecule has 2 aromatic carbocycles. The predicted octanol–water partition coefficient (Wildman–Crippen LogP) is 3.53. The normalized spacial score (nSPS) is 11.8. The largest absolute Gasteiger partial charge is 0.497 e. The molecule has 3 aromatic rings. The molecule has 152 valence electrons. The van der Waals surface area contributed by atoms with E-state index < -0.39 is 10.8 Å². The fourth-order valence-corrected chi connectivity index (χ4v) is 3.88. The molecule has 0 saturated heterocycles. The first kappa shape index (κ1) is 20.8. The smallest absolute Gasteiger partial charge is 0.232 e. The molecule has 0 aliphatic rings. The number of oxazole rings is 1. The van der Waals surface area contributed by atoms with Crippen LogP contribution in [0.3, 0.4) is 0 Å².